The molecule has 1 atom stereocenters. The molecule has 2 nitrogen and oxygen atoms in total. The molecule has 0 aliphatic carbocycles. The Bertz CT molecular complexity index is 500. The van der Waals surface area contributed by atoms with Gasteiger partial charge in [-0.3, -0.25) is 0 Å². The Morgan fingerprint density at radius 3 is 2.44 bits per heavy atom. The van der Waals surface area contributed by atoms with Crippen LogP contribution in [0.15, 0.2) is 28.7 Å². The Hall–Kier alpha value is -0.710. The molecule has 2 aromatic rings. The standard InChI is InChI=1S/C14H17BrN2S/c1-9-10(2)18-14(17-9)8-13(16-3)11-4-6-12(15)7-5-11/h4-7,13,16H,8H2,1-3H3. The van der Waals surface area contributed by atoms with Crippen LogP contribution in [-0.2, 0) is 6.42 Å². The van der Waals surface area contributed by atoms with Crippen LogP contribution >= 0.6 is 27.3 Å². The van der Waals surface area contributed by atoms with Crippen molar-refractivity contribution in [3.63, 3.8) is 0 Å². The number of hydrogen-bond donors (Lipinski definition) is 1. The third kappa shape index (κ3) is 3.19. The number of hydrogen-bond acceptors (Lipinski definition) is 3. The molecule has 0 saturated carbocycles. The Labute approximate surface area is 121 Å². The fourth-order valence-corrected chi connectivity index (χ4v) is 3.13. The van der Waals surface area contributed by atoms with E-state index in [1.54, 1.807) is 11.3 Å². The zero-order chi connectivity index (χ0) is 13.1. The van der Waals surface area contributed by atoms with Crippen molar-refractivity contribution in [3.8, 4) is 0 Å². The van der Waals surface area contributed by atoms with E-state index in [9.17, 15) is 0 Å². The summed E-state index contributed by atoms with van der Waals surface area (Å²) >= 11 is 5.26. The van der Waals surface area contributed by atoms with Crippen LogP contribution in [0.1, 0.15) is 27.2 Å². The maximum absolute atomic E-state index is 4.61. The molecule has 0 spiro atoms. The molecule has 0 saturated heterocycles. The summed E-state index contributed by atoms with van der Waals surface area (Å²) in [6.07, 6.45) is 0.942. The monoisotopic (exact) mass is 324 g/mol. The van der Waals surface area contributed by atoms with Gasteiger partial charge in [-0.15, -0.1) is 11.3 Å². The Kier molecular flexibility index (Phi) is 4.54. The molecule has 18 heavy (non-hydrogen) atoms. The van der Waals surface area contributed by atoms with Gasteiger partial charge in [0.15, 0.2) is 0 Å². The van der Waals surface area contributed by atoms with Gasteiger partial charge in [0.25, 0.3) is 0 Å². The highest BCUT2D eigenvalue weighted by Gasteiger charge is 2.13. The second-order valence-corrected chi connectivity index (χ2v) is 6.55. The van der Waals surface area contributed by atoms with Crippen LogP contribution in [0.2, 0.25) is 0 Å². The van der Waals surface area contributed by atoms with Gasteiger partial charge in [0.1, 0.15) is 0 Å². The Balaban J connectivity index is 2.16. The normalized spacial score (nSPS) is 12.7. The third-order valence-electron chi connectivity index (χ3n) is 3.07. The van der Waals surface area contributed by atoms with E-state index in [1.165, 1.54) is 15.4 Å². The van der Waals surface area contributed by atoms with E-state index < -0.39 is 0 Å². The van der Waals surface area contributed by atoms with E-state index in [-0.39, 0.29) is 0 Å². The zero-order valence-electron chi connectivity index (χ0n) is 10.8. The van der Waals surface area contributed by atoms with Crippen molar-refractivity contribution >= 4 is 27.3 Å². The second kappa shape index (κ2) is 5.95. The molecule has 1 aromatic heterocycles. The van der Waals surface area contributed by atoms with Gasteiger partial charge in [0.2, 0.25) is 0 Å². The van der Waals surface area contributed by atoms with Crippen molar-refractivity contribution < 1.29 is 0 Å². The summed E-state index contributed by atoms with van der Waals surface area (Å²) in [6.45, 7) is 4.20. The minimum absolute atomic E-state index is 0.322. The van der Waals surface area contributed by atoms with Gasteiger partial charge in [-0.1, -0.05) is 28.1 Å². The molecule has 0 fully saturated rings. The number of nitrogens with zero attached hydrogens (tertiary/aromatic N) is 1. The molecule has 4 heteroatoms. The fourth-order valence-electron chi connectivity index (χ4n) is 1.88. The van der Waals surface area contributed by atoms with Gasteiger partial charge in [-0.25, -0.2) is 4.98 Å². The van der Waals surface area contributed by atoms with Crippen molar-refractivity contribution in [2.75, 3.05) is 7.05 Å². The van der Waals surface area contributed by atoms with Gasteiger partial charge >= 0.3 is 0 Å². The lowest BCUT2D eigenvalue weighted by Gasteiger charge is -2.15. The van der Waals surface area contributed by atoms with Gasteiger partial charge in [0, 0.05) is 21.8 Å². The minimum Gasteiger partial charge on any atom is -0.313 e. The van der Waals surface area contributed by atoms with Crippen LogP contribution in [-0.4, -0.2) is 12.0 Å². The van der Waals surface area contributed by atoms with Crippen LogP contribution in [0, 0.1) is 13.8 Å². The van der Waals surface area contributed by atoms with E-state index in [0.717, 1.165) is 16.6 Å². The molecule has 1 heterocycles. The number of likely N-dealkylation sites (N-methyl/N-ethyl adjacent to an activating group) is 1. The van der Waals surface area contributed by atoms with Crippen LogP contribution in [0.25, 0.3) is 0 Å². The van der Waals surface area contributed by atoms with Gasteiger partial charge in [0.05, 0.1) is 10.7 Å². The molecule has 1 unspecified atom stereocenters. The number of thiazole rings is 1. The predicted octanol–water partition coefficient (Wildman–Crippen LogP) is 4.03. The highest BCUT2D eigenvalue weighted by atomic mass is 79.9. The molecule has 1 N–H and O–H groups in total. The molecule has 0 aliphatic rings. The third-order valence-corrected chi connectivity index (χ3v) is 4.70. The van der Waals surface area contributed by atoms with Gasteiger partial charge < -0.3 is 5.32 Å². The fraction of sp³-hybridized carbons (Fsp3) is 0.357. The van der Waals surface area contributed by atoms with E-state index in [2.05, 4.69) is 64.3 Å². The lowest BCUT2D eigenvalue weighted by Crippen LogP contribution is -2.18. The number of aromatic nitrogens is 1. The van der Waals surface area contributed by atoms with E-state index in [0.29, 0.717) is 6.04 Å². The van der Waals surface area contributed by atoms with E-state index in [1.807, 2.05) is 7.05 Å². The summed E-state index contributed by atoms with van der Waals surface area (Å²) in [7, 11) is 2.00. The van der Waals surface area contributed by atoms with Crippen LogP contribution < -0.4 is 5.32 Å². The summed E-state index contributed by atoms with van der Waals surface area (Å²) in [5.74, 6) is 0. The highest BCUT2D eigenvalue weighted by molar-refractivity contribution is 9.10. The molecule has 2 rings (SSSR count). The molecular weight excluding hydrogens is 308 g/mol. The SMILES string of the molecule is CNC(Cc1nc(C)c(C)s1)c1ccc(Br)cc1. The minimum atomic E-state index is 0.322. The molecule has 96 valence electrons. The maximum Gasteiger partial charge on any atom is 0.0949 e. The zero-order valence-corrected chi connectivity index (χ0v) is 13.2. The highest BCUT2D eigenvalue weighted by Crippen LogP contribution is 2.24. The maximum atomic E-state index is 4.61. The number of rotatable bonds is 4. The van der Waals surface area contributed by atoms with Crippen LogP contribution in [0.5, 0.6) is 0 Å². The Morgan fingerprint density at radius 2 is 1.94 bits per heavy atom. The molecule has 0 radical (unpaired) electrons. The first-order chi connectivity index (χ1) is 8.60. The topological polar surface area (TPSA) is 24.9 Å². The van der Waals surface area contributed by atoms with Gasteiger partial charge in [-0.05, 0) is 38.6 Å². The summed E-state index contributed by atoms with van der Waals surface area (Å²) in [6, 6.07) is 8.79. The molecule has 1 aromatic carbocycles. The first kappa shape index (κ1) is 13.7. The second-order valence-electron chi connectivity index (χ2n) is 4.35. The van der Waals surface area contributed by atoms with E-state index in [4.69, 9.17) is 0 Å². The molecule has 0 amide bonds. The summed E-state index contributed by atoms with van der Waals surface area (Å²) < 4.78 is 1.11. The number of benzene rings is 1. The smallest absolute Gasteiger partial charge is 0.0949 e. The molecule has 0 bridgehead atoms. The number of aryl methyl sites for hydroxylation is 2. The number of nitrogens with one attached hydrogen (secondary N) is 1. The van der Waals surface area contributed by atoms with Crippen molar-refractivity contribution in [1.82, 2.24) is 10.3 Å². The lowest BCUT2D eigenvalue weighted by atomic mass is 10.0. The van der Waals surface area contributed by atoms with Gasteiger partial charge in [-0.2, -0.15) is 0 Å². The van der Waals surface area contributed by atoms with Crippen LogP contribution in [0.4, 0.5) is 0 Å². The van der Waals surface area contributed by atoms with Crippen molar-refractivity contribution in [3.05, 3.63) is 49.9 Å². The van der Waals surface area contributed by atoms with Crippen LogP contribution in [0.3, 0.4) is 0 Å². The average molecular weight is 325 g/mol. The lowest BCUT2D eigenvalue weighted by molar-refractivity contribution is 0.590. The molecular formula is C14H17BrN2S. The summed E-state index contributed by atoms with van der Waals surface area (Å²) in [5, 5.41) is 4.57. The quantitative estimate of drug-likeness (QED) is 0.918. The predicted molar refractivity (Wildman–Crippen MR) is 81.2 cm³/mol. The van der Waals surface area contributed by atoms with Crippen molar-refractivity contribution in [1.29, 1.82) is 0 Å². The number of halogens is 1. The van der Waals surface area contributed by atoms with E-state index >= 15 is 0 Å². The first-order valence-electron chi connectivity index (χ1n) is 5.95. The average Bonchev–Trinajstić information content (AvgIpc) is 2.67. The first-order valence-corrected chi connectivity index (χ1v) is 7.56. The summed E-state index contributed by atoms with van der Waals surface area (Å²) in [4.78, 5) is 5.93. The van der Waals surface area contributed by atoms with Crippen molar-refractivity contribution in [2.45, 2.75) is 26.3 Å². The molecule has 0 aliphatic heterocycles. The van der Waals surface area contributed by atoms with Crippen molar-refractivity contribution in [2.24, 2.45) is 0 Å². The Morgan fingerprint density at radius 1 is 1.28 bits per heavy atom. The summed E-state index contributed by atoms with van der Waals surface area (Å²) in [5.41, 5.74) is 2.45. The largest absolute Gasteiger partial charge is 0.313 e.